The summed E-state index contributed by atoms with van der Waals surface area (Å²) in [5, 5.41) is 0. The van der Waals surface area contributed by atoms with Crippen molar-refractivity contribution in [3.8, 4) is 0 Å². The Morgan fingerprint density at radius 1 is 1.64 bits per heavy atom. The SMILES string of the molecule is F[C@@H]1CN2CCC[C@@]2(CCl)C1. The van der Waals surface area contributed by atoms with Crippen LogP contribution in [0.4, 0.5) is 4.39 Å². The Kier molecular flexibility index (Phi) is 1.84. The molecule has 0 saturated carbocycles. The van der Waals surface area contributed by atoms with Gasteiger partial charge >= 0.3 is 0 Å². The quantitative estimate of drug-likeness (QED) is 0.553. The maximum absolute atomic E-state index is 13.0. The van der Waals surface area contributed by atoms with Gasteiger partial charge in [0.2, 0.25) is 0 Å². The fourth-order valence-corrected chi connectivity index (χ4v) is 2.84. The van der Waals surface area contributed by atoms with Gasteiger partial charge in [-0.3, -0.25) is 4.90 Å². The van der Waals surface area contributed by atoms with Crippen LogP contribution in [0.25, 0.3) is 0 Å². The molecule has 0 aliphatic carbocycles. The highest BCUT2D eigenvalue weighted by atomic mass is 35.5. The van der Waals surface area contributed by atoms with Crippen molar-refractivity contribution < 1.29 is 4.39 Å². The predicted octanol–water partition coefficient (Wildman–Crippen LogP) is 1.80. The zero-order valence-electron chi connectivity index (χ0n) is 6.52. The first-order valence-electron chi connectivity index (χ1n) is 4.22. The minimum atomic E-state index is -0.631. The van der Waals surface area contributed by atoms with E-state index in [0.29, 0.717) is 18.8 Å². The minimum absolute atomic E-state index is 0.0426. The van der Waals surface area contributed by atoms with Crippen molar-refractivity contribution in [1.82, 2.24) is 4.90 Å². The van der Waals surface area contributed by atoms with Crippen LogP contribution in [-0.2, 0) is 0 Å². The number of nitrogens with zero attached hydrogens (tertiary/aromatic N) is 1. The third-order valence-corrected chi connectivity index (χ3v) is 3.51. The lowest BCUT2D eigenvalue weighted by molar-refractivity contribution is 0.221. The summed E-state index contributed by atoms with van der Waals surface area (Å²) in [5.74, 6) is 0.605. The molecular weight excluding hydrogens is 165 g/mol. The maximum Gasteiger partial charge on any atom is 0.115 e. The third-order valence-electron chi connectivity index (χ3n) is 3.01. The molecule has 2 atom stereocenters. The number of hydrogen-bond acceptors (Lipinski definition) is 1. The standard InChI is InChI=1S/C8H13ClFN/c9-6-8-2-1-3-11(8)5-7(10)4-8/h7H,1-6H2/t7-,8-/m0/s1. The first-order chi connectivity index (χ1) is 5.27. The van der Waals surface area contributed by atoms with Gasteiger partial charge in [-0.2, -0.15) is 0 Å². The second-order valence-corrected chi connectivity index (χ2v) is 3.98. The van der Waals surface area contributed by atoms with Crippen molar-refractivity contribution >= 4 is 11.6 Å². The van der Waals surface area contributed by atoms with Gasteiger partial charge in [-0.05, 0) is 25.8 Å². The monoisotopic (exact) mass is 177 g/mol. The van der Waals surface area contributed by atoms with Gasteiger partial charge in [-0.25, -0.2) is 4.39 Å². The van der Waals surface area contributed by atoms with Gasteiger partial charge in [0.1, 0.15) is 6.17 Å². The number of halogens is 2. The van der Waals surface area contributed by atoms with Gasteiger partial charge in [0.15, 0.2) is 0 Å². The maximum atomic E-state index is 13.0. The molecule has 0 radical (unpaired) electrons. The second kappa shape index (κ2) is 2.60. The van der Waals surface area contributed by atoms with Crippen LogP contribution in [0.15, 0.2) is 0 Å². The Bertz CT molecular complexity index is 164. The number of alkyl halides is 2. The Labute approximate surface area is 71.5 Å². The molecule has 2 saturated heterocycles. The zero-order chi connectivity index (χ0) is 7.90. The van der Waals surface area contributed by atoms with Gasteiger partial charge in [0, 0.05) is 18.0 Å². The van der Waals surface area contributed by atoms with Gasteiger partial charge < -0.3 is 0 Å². The first kappa shape index (κ1) is 7.81. The van der Waals surface area contributed by atoms with Crippen LogP contribution in [0.3, 0.4) is 0 Å². The Morgan fingerprint density at radius 2 is 2.45 bits per heavy atom. The molecule has 0 amide bonds. The molecule has 0 aromatic carbocycles. The van der Waals surface area contributed by atoms with E-state index in [2.05, 4.69) is 4.90 Å². The molecule has 0 unspecified atom stereocenters. The summed E-state index contributed by atoms with van der Waals surface area (Å²) in [6, 6.07) is 0. The molecule has 64 valence electrons. The normalized spacial score (nSPS) is 44.7. The van der Waals surface area contributed by atoms with Crippen LogP contribution in [0.5, 0.6) is 0 Å². The number of hydrogen-bond donors (Lipinski definition) is 0. The van der Waals surface area contributed by atoms with Crippen LogP contribution >= 0.6 is 11.6 Å². The Morgan fingerprint density at radius 3 is 3.09 bits per heavy atom. The third kappa shape index (κ3) is 1.07. The summed E-state index contributed by atoms with van der Waals surface area (Å²) in [6.07, 6.45) is 2.32. The molecule has 3 heteroatoms. The molecule has 0 N–H and O–H groups in total. The van der Waals surface area contributed by atoms with Gasteiger partial charge in [-0.15, -0.1) is 11.6 Å². The lowest BCUT2D eigenvalue weighted by atomic mass is 9.96. The first-order valence-corrected chi connectivity index (χ1v) is 4.75. The number of rotatable bonds is 1. The Hall–Kier alpha value is 0.180. The lowest BCUT2D eigenvalue weighted by Gasteiger charge is -2.28. The van der Waals surface area contributed by atoms with E-state index in [4.69, 9.17) is 11.6 Å². The molecule has 0 bridgehead atoms. The average Bonchev–Trinajstić information content (AvgIpc) is 2.43. The molecule has 2 aliphatic heterocycles. The summed E-state index contributed by atoms with van der Waals surface area (Å²) < 4.78 is 13.0. The van der Waals surface area contributed by atoms with E-state index in [9.17, 15) is 4.39 Å². The molecule has 11 heavy (non-hydrogen) atoms. The Balaban J connectivity index is 2.15. The summed E-state index contributed by atoms with van der Waals surface area (Å²) in [5.41, 5.74) is 0.0426. The fraction of sp³-hybridized carbons (Fsp3) is 1.00. The van der Waals surface area contributed by atoms with E-state index in [1.807, 2.05) is 0 Å². The van der Waals surface area contributed by atoms with Gasteiger partial charge in [0.05, 0.1) is 0 Å². The van der Waals surface area contributed by atoms with Crippen LogP contribution in [0, 0.1) is 0 Å². The van der Waals surface area contributed by atoms with E-state index >= 15 is 0 Å². The predicted molar refractivity (Wildman–Crippen MR) is 43.8 cm³/mol. The minimum Gasteiger partial charge on any atom is -0.293 e. The molecule has 0 spiro atoms. The second-order valence-electron chi connectivity index (χ2n) is 3.71. The summed E-state index contributed by atoms with van der Waals surface area (Å²) in [7, 11) is 0. The molecule has 1 nitrogen and oxygen atoms in total. The van der Waals surface area contributed by atoms with Crippen molar-refractivity contribution in [2.75, 3.05) is 19.0 Å². The smallest absolute Gasteiger partial charge is 0.115 e. The van der Waals surface area contributed by atoms with Crippen molar-refractivity contribution in [3.63, 3.8) is 0 Å². The molecule has 2 fully saturated rings. The highest BCUT2D eigenvalue weighted by Crippen LogP contribution is 2.40. The highest BCUT2D eigenvalue weighted by Gasteiger charge is 2.47. The molecule has 2 heterocycles. The largest absolute Gasteiger partial charge is 0.293 e. The lowest BCUT2D eigenvalue weighted by Crippen LogP contribution is -2.39. The van der Waals surface area contributed by atoms with Crippen LogP contribution in [0.1, 0.15) is 19.3 Å². The van der Waals surface area contributed by atoms with Crippen LogP contribution < -0.4 is 0 Å². The summed E-state index contributed by atoms with van der Waals surface area (Å²) in [6.45, 7) is 1.67. The summed E-state index contributed by atoms with van der Waals surface area (Å²) >= 11 is 5.86. The van der Waals surface area contributed by atoms with Crippen molar-refractivity contribution in [2.45, 2.75) is 31.0 Å². The van der Waals surface area contributed by atoms with Crippen LogP contribution in [-0.4, -0.2) is 35.6 Å². The topological polar surface area (TPSA) is 3.24 Å². The van der Waals surface area contributed by atoms with Gasteiger partial charge in [0.25, 0.3) is 0 Å². The van der Waals surface area contributed by atoms with Crippen LogP contribution in [0.2, 0.25) is 0 Å². The fourth-order valence-electron chi connectivity index (χ4n) is 2.43. The highest BCUT2D eigenvalue weighted by molar-refractivity contribution is 6.18. The van der Waals surface area contributed by atoms with E-state index in [0.717, 1.165) is 13.0 Å². The van der Waals surface area contributed by atoms with Gasteiger partial charge in [-0.1, -0.05) is 0 Å². The van der Waals surface area contributed by atoms with E-state index in [-0.39, 0.29) is 5.54 Å². The van der Waals surface area contributed by atoms with E-state index < -0.39 is 6.17 Å². The molecule has 2 rings (SSSR count). The summed E-state index contributed by atoms with van der Waals surface area (Å²) in [4.78, 5) is 2.23. The van der Waals surface area contributed by atoms with Crippen molar-refractivity contribution in [2.24, 2.45) is 0 Å². The molecule has 0 aromatic rings. The zero-order valence-corrected chi connectivity index (χ0v) is 7.28. The molecular formula is C8H13ClFN. The van der Waals surface area contributed by atoms with E-state index in [1.165, 1.54) is 6.42 Å². The molecule has 0 aromatic heterocycles. The average molecular weight is 178 g/mol. The number of fused-ring (bicyclic) bond motifs is 1. The molecule has 2 aliphatic rings. The van der Waals surface area contributed by atoms with Crippen molar-refractivity contribution in [1.29, 1.82) is 0 Å². The van der Waals surface area contributed by atoms with Crippen molar-refractivity contribution in [3.05, 3.63) is 0 Å². The van der Waals surface area contributed by atoms with E-state index in [1.54, 1.807) is 0 Å².